The second-order valence-corrected chi connectivity index (χ2v) is 12.4. The van der Waals surface area contributed by atoms with E-state index in [4.69, 9.17) is 9.57 Å². The van der Waals surface area contributed by atoms with Crippen LogP contribution in [-0.4, -0.2) is 46.5 Å². The Labute approximate surface area is 222 Å². The lowest BCUT2D eigenvalue weighted by molar-refractivity contribution is -0.198. The Morgan fingerprint density at radius 3 is 2.32 bits per heavy atom. The van der Waals surface area contributed by atoms with Crippen LogP contribution in [0.25, 0.3) is 0 Å². The fourth-order valence-electron chi connectivity index (χ4n) is 8.67. The van der Waals surface area contributed by atoms with Crippen molar-refractivity contribution < 1.29 is 38.3 Å². The Hall–Kier alpha value is -2.84. The summed E-state index contributed by atoms with van der Waals surface area (Å²) in [5.41, 5.74) is 0.617. The summed E-state index contributed by atoms with van der Waals surface area (Å²) in [4.78, 5) is 78.5. The van der Waals surface area contributed by atoms with E-state index in [-0.39, 0.29) is 65.8 Å². The van der Waals surface area contributed by atoms with Gasteiger partial charge in [0.15, 0.2) is 5.78 Å². The number of carbonyl (C=O) groups is 6. The van der Waals surface area contributed by atoms with Gasteiger partial charge in [0.05, 0.1) is 12.8 Å². The largest absolute Gasteiger partial charge is 0.462 e. The van der Waals surface area contributed by atoms with Gasteiger partial charge in [-0.25, -0.2) is 4.79 Å². The van der Waals surface area contributed by atoms with E-state index in [2.05, 4.69) is 13.8 Å². The van der Waals surface area contributed by atoms with Crippen molar-refractivity contribution in [3.63, 3.8) is 0 Å². The van der Waals surface area contributed by atoms with Crippen LogP contribution in [0.5, 0.6) is 0 Å². The van der Waals surface area contributed by atoms with Crippen molar-refractivity contribution >= 4 is 35.3 Å². The molecule has 0 aromatic heterocycles. The van der Waals surface area contributed by atoms with Gasteiger partial charge >= 0.3 is 11.9 Å². The van der Waals surface area contributed by atoms with Gasteiger partial charge in [-0.15, -0.1) is 5.06 Å². The van der Waals surface area contributed by atoms with Gasteiger partial charge in [0.2, 0.25) is 0 Å². The second-order valence-electron chi connectivity index (χ2n) is 12.4. The molecular weight excluding hydrogens is 490 g/mol. The zero-order valence-corrected chi connectivity index (χ0v) is 22.5. The number of esters is 1. The highest BCUT2D eigenvalue weighted by molar-refractivity contribution is 6.01. The van der Waals surface area contributed by atoms with E-state index in [9.17, 15) is 28.8 Å². The van der Waals surface area contributed by atoms with Crippen LogP contribution in [-0.2, 0) is 38.3 Å². The molecule has 5 rings (SSSR count). The first-order chi connectivity index (χ1) is 17.9. The molecule has 2 amide bonds. The Bertz CT molecular complexity index is 1110. The predicted octanol–water partition coefficient (Wildman–Crippen LogP) is 3.63. The highest BCUT2D eigenvalue weighted by Crippen LogP contribution is 2.67. The highest BCUT2D eigenvalue weighted by atomic mass is 16.7. The van der Waals surface area contributed by atoms with Crippen molar-refractivity contribution in [3.05, 3.63) is 11.6 Å². The number of hydrogen-bond donors (Lipinski definition) is 0. The minimum absolute atomic E-state index is 0.000207. The maximum absolute atomic E-state index is 13.1. The average molecular weight is 528 g/mol. The molecule has 3 saturated carbocycles. The normalized spacial score (nSPS) is 38.2. The van der Waals surface area contributed by atoms with E-state index < -0.39 is 29.9 Å². The lowest BCUT2D eigenvalue weighted by atomic mass is 9.46. The molecule has 5 aliphatic rings. The maximum atomic E-state index is 13.1. The Morgan fingerprint density at radius 2 is 1.63 bits per heavy atom. The fraction of sp³-hybridized carbons (Fsp3) is 0.724. The quantitative estimate of drug-likeness (QED) is 0.379. The number of fused-ring (bicyclic) bond motifs is 5. The summed E-state index contributed by atoms with van der Waals surface area (Å²) in [7, 11) is 0. The van der Waals surface area contributed by atoms with Crippen LogP contribution in [0.1, 0.15) is 91.4 Å². The standard InChI is InChI=1S/C29H37NO8/c1-16(31)20-6-7-21-19-5-4-17-14-18(32)12-13-28(17,2)27(19)22(15-29(20,21)3)37-25(35)10-11-26(36)38-30-23(33)8-9-24(30)34/h14,19-22,27H,4-13,15H2,1-3H3/t19-,20+,21-,22-,27-,28+,29-/m1/s1. The van der Waals surface area contributed by atoms with Crippen LogP contribution in [0.4, 0.5) is 0 Å². The van der Waals surface area contributed by atoms with Gasteiger partial charge in [0, 0.05) is 31.1 Å². The highest BCUT2D eigenvalue weighted by Gasteiger charge is 2.63. The molecule has 0 unspecified atom stereocenters. The molecule has 7 atom stereocenters. The second kappa shape index (κ2) is 9.72. The molecule has 38 heavy (non-hydrogen) atoms. The number of ether oxygens (including phenoxy) is 1. The summed E-state index contributed by atoms with van der Waals surface area (Å²) >= 11 is 0. The number of allylic oxidation sites excluding steroid dienone is 1. The molecule has 0 radical (unpaired) electrons. The smallest absolute Gasteiger partial charge is 0.333 e. The van der Waals surface area contributed by atoms with Gasteiger partial charge in [0.25, 0.3) is 11.8 Å². The molecule has 9 nitrogen and oxygen atoms in total. The first kappa shape index (κ1) is 26.8. The predicted molar refractivity (Wildman–Crippen MR) is 133 cm³/mol. The molecule has 0 bridgehead atoms. The summed E-state index contributed by atoms with van der Waals surface area (Å²) < 4.78 is 6.15. The van der Waals surface area contributed by atoms with E-state index in [1.807, 2.05) is 0 Å². The van der Waals surface area contributed by atoms with Gasteiger partial charge in [-0.3, -0.25) is 24.0 Å². The third-order valence-electron chi connectivity index (χ3n) is 10.4. The molecule has 0 N–H and O–H groups in total. The molecule has 0 spiro atoms. The number of rotatable bonds is 6. The zero-order chi connectivity index (χ0) is 27.4. The van der Waals surface area contributed by atoms with E-state index in [1.54, 1.807) is 13.0 Å². The molecule has 0 aromatic rings. The SMILES string of the molecule is CC(=O)[C@@H]1CC[C@@H]2[C@H]3CCC4=CC(=O)CC[C@]4(C)[C@H]3[C@H](OC(=O)CCC(=O)ON3C(=O)CCC3=O)C[C@@]21C. The monoisotopic (exact) mass is 527 g/mol. The third-order valence-corrected chi connectivity index (χ3v) is 10.4. The number of carbonyl (C=O) groups excluding carboxylic acids is 6. The van der Waals surface area contributed by atoms with Crippen LogP contribution in [0.15, 0.2) is 11.6 Å². The van der Waals surface area contributed by atoms with E-state index in [0.717, 1.165) is 37.7 Å². The topological polar surface area (TPSA) is 124 Å². The molecule has 1 aliphatic heterocycles. The van der Waals surface area contributed by atoms with Crippen LogP contribution >= 0.6 is 0 Å². The van der Waals surface area contributed by atoms with Crippen LogP contribution in [0, 0.1) is 34.5 Å². The molecule has 4 aliphatic carbocycles. The molecule has 9 heteroatoms. The number of amides is 2. The lowest BCUT2D eigenvalue weighted by Crippen LogP contribution is -2.58. The Balaban J connectivity index is 1.34. The number of hydrogen-bond acceptors (Lipinski definition) is 8. The van der Waals surface area contributed by atoms with Crippen LogP contribution in [0.2, 0.25) is 0 Å². The van der Waals surface area contributed by atoms with Crippen molar-refractivity contribution in [1.82, 2.24) is 5.06 Å². The number of imide groups is 1. The Kier molecular flexibility index (Phi) is 6.84. The Morgan fingerprint density at radius 1 is 0.947 bits per heavy atom. The molecule has 0 aromatic carbocycles. The molecule has 206 valence electrons. The summed E-state index contributed by atoms with van der Waals surface area (Å²) in [5, 5.41) is 0.476. The molecule has 1 saturated heterocycles. The number of ketones is 2. The number of hydroxylamine groups is 2. The van der Waals surface area contributed by atoms with E-state index in [0.29, 0.717) is 23.8 Å². The van der Waals surface area contributed by atoms with Gasteiger partial charge in [-0.05, 0) is 74.2 Å². The molecule has 4 fully saturated rings. The first-order valence-corrected chi connectivity index (χ1v) is 13.9. The molecular formula is C29H37NO8. The van der Waals surface area contributed by atoms with E-state index >= 15 is 0 Å². The average Bonchev–Trinajstić information content (AvgIpc) is 3.36. The van der Waals surface area contributed by atoms with Crippen molar-refractivity contribution in [3.8, 4) is 0 Å². The lowest BCUT2D eigenvalue weighted by Gasteiger charge is -2.60. The summed E-state index contributed by atoms with van der Waals surface area (Å²) in [6.45, 7) is 6.03. The fourth-order valence-corrected chi connectivity index (χ4v) is 8.67. The van der Waals surface area contributed by atoms with Crippen LogP contribution in [0.3, 0.4) is 0 Å². The van der Waals surface area contributed by atoms with Gasteiger partial charge in [-0.2, -0.15) is 0 Å². The van der Waals surface area contributed by atoms with Crippen molar-refractivity contribution in [2.45, 2.75) is 97.5 Å². The summed E-state index contributed by atoms with van der Waals surface area (Å²) in [6, 6.07) is 0. The van der Waals surface area contributed by atoms with Gasteiger partial charge in [0.1, 0.15) is 11.9 Å². The summed E-state index contributed by atoms with van der Waals surface area (Å²) in [5.74, 6) is -1.59. The minimum atomic E-state index is -0.841. The third kappa shape index (κ3) is 4.41. The van der Waals surface area contributed by atoms with E-state index in [1.165, 1.54) is 0 Å². The van der Waals surface area contributed by atoms with Crippen molar-refractivity contribution in [2.24, 2.45) is 34.5 Å². The molecule has 1 heterocycles. The van der Waals surface area contributed by atoms with Crippen molar-refractivity contribution in [1.29, 1.82) is 0 Å². The van der Waals surface area contributed by atoms with Crippen molar-refractivity contribution in [2.75, 3.05) is 0 Å². The zero-order valence-electron chi connectivity index (χ0n) is 22.5. The maximum Gasteiger partial charge on any atom is 0.333 e. The minimum Gasteiger partial charge on any atom is -0.462 e. The number of nitrogens with zero attached hydrogens (tertiary/aromatic N) is 1. The number of Topliss-reactive ketones (excluding diaryl/α,β-unsaturated/α-hetero) is 1. The van der Waals surface area contributed by atoms with Crippen LogP contribution < -0.4 is 0 Å². The summed E-state index contributed by atoms with van der Waals surface area (Å²) in [6.07, 6.45) is 6.16. The van der Waals surface area contributed by atoms with Gasteiger partial charge in [-0.1, -0.05) is 19.4 Å². The first-order valence-electron chi connectivity index (χ1n) is 13.9. The van der Waals surface area contributed by atoms with Gasteiger partial charge < -0.3 is 9.57 Å².